The lowest BCUT2D eigenvalue weighted by molar-refractivity contribution is -0.0486. The van der Waals surface area contributed by atoms with E-state index in [2.05, 4.69) is 15.0 Å². The summed E-state index contributed by atoms with van der Waals surface area (Å²) >= 11 is 5.84. The molecule has 1 saturated heterocycles. The predicted molar refractivity (Wildman–Crippen MR) is 75.1 cm³/mol. The number of aromatic nitrogens is 4. The van der Waals surface area contributed by atoms with Crippen LogP contribution in [0.5, 0.6) is 0 Å². The van der Waals surface area contributed by atoms with Crippen molar-refractivity contribution in [3.05, 3.63) is 11.6 Å². The highest BCUT2D eigenvalue weighted by Gasteiger charge is 2.77. The maximum absolute atomic E-state index is 10.3. The van der Waals surface area contributed by atoms with E-state index in [-0.39, 0.29) is 30.4 Å². The number of hydrogen-bond donors (Lipinski definition) is 4. The quantitative estimate of drug-likeness (QED) is 0.511. The number of anilines is 1. The zero-order valence-electron chi connectivity index (χ0n) is 11.3. The molecule has 1 aliphatic heterocycles. The minimum Gasteiger partial charge on any atom is -0.396 e. The Kier molecular flexibility index (Phi) is 2.88. The summed E-state index contributed by atoms with van der Waals surface area (Å²) in [5, 5.41) is 29.3. The van der Waals surface area contributed by atoms with E-state index in [1.165, 1.54) is 6.33 Å². The van der Waals surface area contributed by atoms with E-state index in [4.69, 9.17) is 22.1 Å². The molecule has 0 spiro atoms. The third kappa shape index (κ3) is 1.54. The summed E-state index contributed by atoms with van der Waals surface area (Å²) in [6.07, 6.45) is -0.607. The summed E-state index contributed by atoms with van der Waals surface area (Å²) in [7, 11) is 0. The summed E-state index contributed by atoms with van der Waals surface area (Å²) < 4.78 is 7.30. The van der Waals surface area contributed by atoms with E-state index >= 15 is 0 Å². The van der Waals surface area contributed by atoms with Gasteiger partial charge in [0.15, 0.2) is 11.5 Å². The van der Waals surface area contributed by atoms with Gasteiger partial charge in [-0.1, -0.05) is 0 Å². The highest BCUT2D eigenvalue weighted by atomic mass is 35.5. The van der Waals surface area contributed by atoms with E-state index in [9.17, 15) is 15.3 Å². The van der Waals surface area contributed by atoms with E-state index in [0.29, 0.717) is 11.2 Å². The number of ether oxygens (including phenoxy) is 1. The first-order chi connectivity index (χ1) is 10.5. The molecule has 1 saturated carbocycles. The molecule has 2 aromatic heterocycles. The second-order valence-corrected chi connectivity index (χ2v) is 5.98. The van der Waals surface area contributed by atoms with Crippen LogP contribution in [0.1, 0.15) is 6.04 Å². The van der Waals surface area contributed by atoms with Crippen molar-refractivity contribution in [1.29, 1.82) is 0 Å². The van der Waals surface area contributed by atoms with Gasteiger partial charge in [0, 0.05) is 0 Å². The molecule has 118 valence electrons. The second kappa shape index (κ2) is 4.49. The lowest BCUT2D eigenvalue weighted by Gasteiger charge is -2.23. The van der Waals surface area contributed by atoms with Crippen LogP contribution in [0.15, 0.2) is 6.33 Å². The Morgan fingerprint density at radius 3 is 2.82 bits per heavy atom. The number of nitrogens with zero attached hydrogens (tertiary/aromatic N) is 4. The molecule has 4 rings (SSSR count). The Morgan fingerprint density at radius 1 is 1.41 bits per heavy atom. The van der Waals surface area contributed by atoms with Crippen molar-refractivity contribution < 1.29 is 20.1 Å². The number of fused-ring (bicyclic) bond motifs is 2. The first-order valence-electron chi connectivity index (χ1n) is 6.75. The van der Waals surface area contributed by atoms with Crippen molar-refractivity contribution in [2.24, 2.45) is 5.41 Å². The van der Waals surface area contributed by atoms with Crippen molar-refractivity contribution >= 4 is 28.6 Å². The van der Waals surface area contributed by atoms with E-state index in [1.54, 1.807) is 4.57 Å². The number of hydrogen-bond acceptors (Lipinski definition) is 8. The number of rotatable bonds is 3. The van der Waals surface area contributed by atoms with Gasteiger partial charge in [-0.25, -0.2) is 4.98 Å². The fourth-order valence-corrected chi connectivity index (χ4v) is 3.67. The molecule has 3 unspecified atom stereocenters. The number of nitrogens with two attached hydrogens (primary N) is 1. The fourth-order valence-electron chi connectivity index (χ4n) is 3.50. The van der Waals surface area contributed by atoms with E-state index < -0.39 is 23.7 Å². The molecule has 2 fully saturated rings. The topological polar surface area (TPSA) is 140 Å². The highest BCUT2D eigenvalue weighted by Crippen LogP contribution is 2.65. The van der Waals surface area contributed by atoms with Gasteiger partial charge in [-0.3, -0.25) is 0 Å². The Labute approximate surface area is 129 Å². The molecule has 1 aliphatic carbocycles. The molecule has 2 aromatic rings. The maximum atomic E-state index is 10.3. The number of aliphatic hydroxyl groups excluding tert-OH is 3. The van der Waals surface area contributed by atoms with Crippen LogP contribution in [0, 0.1) is 5.41 Å². The Balaban J connectivity index is 1.79. The van der Waals surface area contributed by atoms with Crippen LogP contribution in [0.25, 0.3) is 11.2 Å². The van der Waals surface area contributed by atoms with Crippen LogP contribution < -0.4 is 5.73 Å². The van der Waals surface area contributed by atoms with Crippen LogP contribution in [-0.2, 0) is 4.74 Å². The summed E-state index contributed by atoms with van der Waals surface area (Å²) in [6.45, 7) is -0.592. The number of halogens is 1. The Hall–Kier alpha value is -1.52. The average molecular weight is 328 g/mol. The lowest BCUT2D eigenvalue weighted by atomic mass is 9.96. The van der Waals surface area contributed by atoms with Gasteiger partial charge >= 0.3 is 0 Å². The molecule has 10 heteroatoms. The van der Waals surface area contributed by atoms with Gasteiger partial charge in [-0.15, -0.1) is 0 Å². The molecule has 5 N–H and O–H groups in total. The van der Waals surface area contributed by atoms with Gasteiger partial charge in [0.05, 0.1) is 43.2 Å². The van der Waals surface area contributed by atoms with Crippen molar-refractivity contribution in [3.63, 3.8) is 0 Å². The molecule has 3 heterocycles. The molecule has 0 radical (unpaired) electrons. The third-order valence-electron chi connectivity index (χ3n) is 4.66. The number of imidazole rings is 1. The molecule has 0 amide bonds. The molecular formula is C12H14ClN5O4. The molecule has 9 nitrogen and oxygen atoms in total. The normalized spacial score (nSPS) is 36.7. The van der Waals surface area contributed by atoms with Crippen molar-refractivity contribution in [3.8, 4) is 0 Å². The fraction of sp³-hybridized carbons (Fsp3) is 0.583. The zero-order chi connectivity index (χ0) is 15.6. The van der Waals surface area contributed by atoms with Crippen LogP contribution >= 0.6 is 11.6 Å². The summed E-state index contributed by atoms with van der Waals surface area (Å²) in [5.74, 6) is 0.160. The molecule has 0 aromatic carbocycles. The van der Waals surface area contributed by atoms with Gasteiger partial charge in [0.1, 0.15) is 11.6 Å². The number of nitrogen functional groups attached to an aromatic ring is 1. The van der Waals surface area contributed by atoms with Crippen molar-refractivity contribution in [2.75, 3.05) is 18.9 Å². The van der Waals surface area contributed by atoms with E-state index in [0.717, 1.165) is 0 Å². The first kappa shape index (κ1) is 14.1. The molecule has 0 bridgehead atoms. The van der Waals surface area contributed by atoms with Gasteiger partial charge in [-0.2, -0.15) is 9.97 Å². The SMILES string of the molecule is Nc1nc(Cl)nc2c1ncn2C1[C@@H]2O[C@H](CO)C(O)C12CO. The van der Waals surface area contributed by atoms with E-state index in [1.807, 2.05) is 0 Å². The number of aliphatic hydroxyl groups is 3. The van der Waals surface area contributed by atoms with Gasteiger partial charge in [0.2, 0.25) is 5.28 Å². The predicted octanol–water partition coefficient (Wildman–Crippen LogP) is -1.28. The summed E-state index contributed by atoms with van der Waals surface area (Å²) in [6, 6.07) is -0.356. The van der Waals surface area contributed by atoms with Crippen LogP contribution in [0.4, 0.5) is 5.82 Å². The Bertz CT molecular complexity index is 754. The first-order valence-corrected chi connectivity index (χ1v) is 7.13. The zero-order valence-corrected chi connectivity index (χ0v) is 12.1. The van der Waals surface area contributed by atoms with Crippen molar-refractivity contribution in [2.45, 2.75) is 24.4 Å². The Morgan fingerprint density at radius 2 is 2.18 bits per heavy atom. The minimum atomic E-state index is -0.982. The van der Waals surface area contributed by atoms with Gasteiger partial charge in [-0.05, 0) is 11.6 Å². The largest absolute Gasteiger partial charge is 0.396 e. The highest BCUT2D eigenvalue weighted by molar-refractivity contribution is 6.28. The summed E-state index contributed by atoms with van der Waals surface area (Å²) in [4.78, 5) is 12.1. The van der Waals surface area contributed by atoms with Gasteiger partial charge < -0.3 is 30.4 Å². The minimum absolute atomic E-state index is 0.00897. The average Bonchev–Trinajstić information content (AvgIpc) is 2.78. The molecule has 5 atom stereocenters. The third-order valence-corrected chi connectivity index (χ3v) is 4.83. The molecule has 2 aliphatic rings. The van der Waals surface area contributed by atoms with Crippen molar-refractivity contribution in [1.82, 2.24) is 19.5 Å². The maximum Gasteiger partial charge on any atom is 0.226 e. The van der Waals surface area contributed by atoms with Crippen LogP contribution in [0.3, 0.4) is 0 Å². The van der Waals surface area contributed by atoms with Crippen LogP contribution in [0.2, 0.25) is 5.28 Å². The van der Waals surface area contributed by atoms with Gasteiger partial charge in [0.25, 0.3) is 0 Å². The second-order valence-electron chi connectivity index (χ2n) is 5.64. The van der Waals surface area contributed by atoms with Crippen LogP contribution in [-0.4, -0.2) is 66.4 Å². The molecular weight excluding hydrogens is 314 g/mol. The smallest absolute Gasteiger partial charge is 0.226 e. The standard InChI is InChI=1S/C12H14ClN5O4/c13-11-16-9(14)5-10(17-11)18(3-15-5)6-8-12(6,2-20)7(21)4(1-19)22-8/h3-4,6-8,19-21H,1-2H2,(H2,14,16,17)/t4-,6?,7?,8+,12?/m1/s1. The monoisotopic (exact) mass is 327 g/mol. The molecule has 22 heavy (non-hydrogen) atoms. The lowest BCUT2D eigenvalue weighted by Crippen LogP contribution is -2.37. The summed E-state index contributed by atoms with van der Waals surface area (Å²) in [5.41, 5.74) is 5.70.